The van der Waals surface area contributed by atoms with Gasteiger partial charge in [0.2, 0.25) is 0 Å². The minimum atomic E-state index is -0.331. The molecule has 2 aromatic heterocycles. The Morgan fingerprint density at radius 2 is 2.09 bits per heavy atom. The first-order valence-electron chi connectivity index (χ1n) is 7.18. The van der Waals surface area contributed by atoms with Crippen molar-refractivity contribution in [1.82, 2.24) is 9.78 Å². The maximum Gasteiger partial charge on any atom is 0.292 e. The number of para-hydroxylation sites is 1. The van der Waals surface area contributed by atoms with Crippen molar-refractivity contribution in [3.05, 3.63) is 65.7 Å². The summed E-state index contributed by atoms with van der Waals surface area (Å²) in [7, 11) is 1.57. The van der Waals surface area contributed by atoms with E-state index >= 15 is 0 Å². The number of nitrogens with one attached hydrogen (secondary N) is 1. The lowest BCUT2D eigenvalue weighted by molar-refractivity contribution is 0.0987. The zero-order valence-corrected chi connectivity index (χ0v) is 12.9. The van der Waals surface area contributed by atoms with Crippen molar-refractivity contribution in [1.29, 1.82) is 0 Å². The molecule has 6 nitrogen and oxygen atoms in total. The van der Waals surface area contributed by atoms with Crippen LogP contribution < -0.4 is 5.32 Å². The molecule has 0 unspecified atom stereocenters. The number of hydrogen-bond donors (Lipinski definition) is 1. The molecular weight excluding hydrogens is 294 g/mol. The molecule has 3 rings (SSSR count). The molecule has 0 atom stereocenters. The number of nitrogens with zero attached hydrogens (tertiary/aromatic N) is 2. The summed E-state index contributed by atoms with van der Waals surface area (Å²) in [5.41, 5.74) is 1.97. The lowest BCUT2D eigenvalue weighted by Gasteiger charge is -2.10. The second-order valence-corrected chi connectivity index (χ2v) is 5.07. The van der Waals surface area contributed by atoms with Crippen LogP contribution in [0.3, 0.4) is 0 Å². The molecule has 118 valence electrons. The van der Waals surface area contributed by atoms with E-state index in [1.807, 2.05) is 31.2 Å². The monoisotopic (exact) mass is 311 g/mol. The largest absolute Gasteiger partial charge is 0.453 e. The molecule has 0 saturated heterocycles. The molecule has 0 aliphatic rings. The van der Waals surface area contributed by atoms with Crippen LogP contribution in [0.25, 0.3) is 5.69 Å². The highest BCUT2D eigenvalue weighted by Crippen LogP contribution is 2.19. The van der Waals surface area contributed by atoms with Crippen molar-refractivity contribution in [2.75, 3.05) is 12.4 Å². The van der Waals surface area contributed by atoms with Crippen molar-refractivity contribution >= 4 is 11.7 Å². The fraction of sp³-hybridized carbons (Fsp3) is 0.176. The summed E-state index contributed by atoms with van der Waals surface area (Å²) in [6.07, 6.45) is 1.64. The Morgan fingerprint density at radius 1 is 1.26 bits per heavy atom. The molecule has 0 bridgehead atoms. The van der Waals surface area contributed by atoms with Crippen LogP contribution in [0.2, 0.25) is 0 Å². The van der Waals surface area contributed by atoms with E-state index in [2.05, 4.69) is 10.4 Å². The van der Waals surface area contributed by atoms with E-state index in [1.165, 1.54) is 0 Å². The van der Waals surface area contributed by atoms with Gasteiger partial charge < -0.3 is 14.5 Å². The number of furan rings is 1. The predicted molar refractivity (Wildman–Crippen MR) is 85.7 cm³/mol. The van der Waals surface area contributed by atoms with Gasteiger partial charge in [-0.25, -0.2) is 4.68 Å². The highest BCUT2D eigenvalue weighted by Gasteiger charge is 2.15. The van der Waals surface area contributed by atoms with Crippen molar-refractivity contribution in [2.45, 2.75) is 13.5 Å². The molecule has 1 aromatic carbocycles. The summed E-state index contributed by atoms with van der Waals surface area (Å²) in [5.74, 6) is 1.08. The third-order valence-electron chi connectivity index (χ3n) is 3.40. The van der Waals surface area contributed by atoms with Gasteiger partial charge in [-0.2, -0.15) is 5.10 Å². The normalized spacial score (nSPS) is 10.7. The van der Waals surface area contributed by atoms with E-state index < -0.39 is 0 Å². The minimum absolute atomic E-state index is 0.231. The van der Waals surface area contributed by atoms with Crippen molar-refractivity contribution in [3.63, 3.8) is 0 Å². The molecule has 6 heteroatoms. The maximum absolute atomic E-state index is 12.3. The van der Waals surface area contributed by atoms with E-state index in [9.17, 15) is 4.79 Å². The van der Waals surface area contributed by atoms with Gasteiger partial charge in [0.15, 0.2) is 5.76 Å². The lowest BCUT2D eigenvalue weighted by atomic mass is 10.2. The maximum atomic E-state index is 12.3. The van der Waals surface area contributed by atoms with E-state index in [4.69, 9.17) is 9.15 Å². The van der Waals surface area contributed by atoms with Crippen LogP contribution in [0.1, 0.15) is 21.9 Å². The predicted octanol–water partition coefficient (Wildman–Crippen LogP) is 3.17. The van der Waals surface area contributed by atoms with Gasteiger partial charge in [-0.05, 0) is 30.7 Å². The Bertz CT molecular complexity index is 820. The fourth-order valence-electron chi connectivity index (χ4n) is 2.29. The van der Waals surface area contributed by atoms with Crippen LogP contribution in [-0.4, -0.2) is 22.8 Å². The van der Waals surface area contributed by atoms with Gasteiger partial charge in [-0.1, -0.05) is 18.2 Å². The number of anilines is 1. The molecule has 0 radical (unpaired) electrons. The molecule has 0 fully saturated rings. The average molecular weight is 311 g/mol. The standard InChI is InChI=1S/C17H17N3O3/c1-12-5-3-4-6-14(12)20-16(9-10-18-20)19-17(21)15-8-7-13(23-15)11-22-2/h3-10H,11H2,1-2H3,(H,19,21). The zero-order valence-electron chi connectivity index (χ0n) is 12.9. The van der Waals surface area contributed by atoms with Crippen LogP contribution in [0, 0.1) is 6.92 Å². The van der Waals surface area contributed by atoms with Gasteiger partial charge in [0.05, 0.1) is 11.9 Å². The Hall–Kier alpha value is -2.86. The van der Waals surface area contributed by atoms with Crippen molar-refractivity contribution < 1.29 is 13.9 Å². The van der Waals surface area contributed by atoms with Gasteiger partial charge >= 0.3 is 0 Å². The fourth-order valence-corrected chi connectivity index (χ4v) is 2.29. The molecule has 0 aliphatic carbocycles. The number of carbonyl (C=O) groups excluding carboxylic acids is 1. The van der Waals surface area contributed by atoms with Gasteiger partial charge in [0.1, 0.15) is 18.2 Å². The molecule has 1 N–H and O–H groups in total. The number of aromatic nitrogens is 2. The highest BCUT2D eigenvalue weighted by atomic mass is 16.5. The van der Waals surface area contributed by atoms with Gasteiger partial charge in [0.25, 0.3) is 5.91 Å². The highest BCUT2D eigenvalue weighted by molar-refractivity contribution is 6.01. The molecule has 23 heavy (non-hydrogen) atoms. The second kappa shape index (κ2) is 6.50. The molecule has 3 aromatic rings. The Kier molecular flexibility index (Phi) is 4.25. The molecular formula is C17H17N3O3. The summed E-state index contributed by atoms with van der Waals surface area (Å²) < 4.78 is 12.1. The van der Waals surface area contributed by atoms with Crippen LogP contribution in [0.4, 0.5) is 5.82 Å². The number of methoxy groups -OCH3 is 1. The van der Waals surface area contributed by atoms with Gasteiger partial charge in [-0.3, -0.25) is 4.79 Å². The molecule has 2 heterocycles. The third-order valence-corrected chi connectivity index (χ3v) is 3.40. The number of carbonyl (C=O) groups is 1. The average Bonchev–Trinajstić information content (AvgIpc) is 3.18. The molecule has 1 amide bonds. The Morgan fingerprint density at radius 3 is 2.87 bits per heavy atom. The Labute approximate surface area is 133 Å². The summed E-state index contributed by atoms with van der Waals surface area (Å²) in [4.78, 5) is 12.3. The summed E-state index contributed by atoms with van der Waals surface area (Å²) >= 11 is 0. The third kappa shape index (κ3) is 3.17. The van der Waals surface area contributed by atoms with E-state index in [0.29, 0.717) is 18.2 Å². The minimum Gasteiger partial charge on any atom is -0.453 e. The van der Waals surface area contributed by atoms with Crippen LogP contribution in [-0.2, 0) is 11.3 Å². The zero-order chi connectivity index (χ0) is 16.2. The van der Waals surface area contributed by atoms with Crippen LogP contribution in [0.15, 0.2) is 53.1 Å². The van der Waals surface area contributed by atoms with E-state index in [1.54, 1.807) is 36.2 Å². The molecule has 0 spiro atoms. The quantitative estimate of drug-likeness (QED) is 0.785. The number of hydrogen-bond acceptors (Lipinski definition) is 4. The van der Waals surface area contributed by atoms with E-state index in [0.717, 1.165) is 11.3 Å². The van der Waals surface area contributed by atoms with E-state index in [-0.39, 0.29) is 11.7 Å². The van der Waals surface area contributed by atoms with Gasteiger partial charge in [-0.15, -0.1) is 0 Å². The van der Waals surface area contributed by atoms with Crippen molar-refractivity contribution in [3.8, 4) is 5.69 Å². The first kappa shape index (κ1) is 15.1. The number of rotatable bonds is 5. The second-order valence-electron chi connectivity index (χ2n) is 5.07. The smallest absolute Gasteiger partial charge is 0.292 e. The van der Waals surface area contributed by atoms with Crippen LogP contribution in [0.5, 0.6) is 0 Å². The molecule has 0 saturated carbocycles. The first-order chi connectivity index (χ1) is 11.2. The lowest BCUT2D eigenvalue weighted by Crippen LogP contribution is -2.14. The SMILES string of the molecule is COCc1ccc(C(=O)Nc2ccnn2-c2ccccc2C)o1. The van der Waals surface area contributed by atoms with Crippen LogP contribution >= 0.6 is 0 Å². The van der Waals surface area contributed by atoms with Crippen molar-refractivity contribution in [2.24, 2.45) is 0 Å². The Balaban J connectivity index is 1.82. The van der Waals surface area contributed by atoms with Gasteiger partial charge in [0, 0.05) is 13.2 Å². The number of benzene rings is 1. The first-order valence-corrected chi connectivity index (χ1v) is 7.18. The number of amides is 1. The summed E-state index contributed by atoms with van der Waals surface area (Å²) in [6.45, 7) is 2.32. The molecule has 0 aliphatic heterocycles. The summed E-state index contributed by atoms with van der Waals surface area (Å²) in [5, 5.41) is 7.09. The number of aryl methyl sites for hydroxylation is 1. The summed E-state index contributed by atoms with van der Waals surface area (Å²) in [6, 6.07) is 12.9. The number of ether oxygens (including phenoxy) is 1. The topological polar surface area (TPSA) is 69.3 Å².